The van der Waals surface area contributed by atoms with E-state index >= 15 is 0 Å². The SMILES string of the molecule is COC(=O)c1cccc(-c2ncccn2)c1. The van der Waals surface area contributed by atoms with Gasteiger partial charge in [0.15, 0.2) is 5.82 Å². The summed E-state index contributed by atoms with van der Waals surface area (Å²) in [6, 6.07) is 8.77. The van der Waals surface area contributed by atoms with Gasteiger partial charge >= 0.3 is 5.97 Å². The molecule has 0 N–H and O–H groups in total. The lowest BCUT2D eigenvalue weighted by Gasteiger charge is -2.02. The van der Waals surface area contributed by atoms with Gasteiger partial charge in [-0.05, 0) is 18.2 Å². The summed E-state index contributed by atoms with van der Waals surface area (Å²) in [5.74, 6) is 0.228. The Morgan fingerprint density at radius 2 is 1.94 bits per heavy atom. The van der Waals surface area contributed by atoms with Crippen molar-refractivity contribution in [2.75, 3.05) is 7.11 Å². The van der Waals surface area contributed by atoms with E-state index in [1.54, 1.807) is 36.7 Å². The second-order valence-corrected chi connectivity index (χ2v) is 3.14. The summed E-state index contributed by atoms with van der Waals surface area (Å²) in [5, 5.41) is 0. The molecule has 2 aromatic rings. The summed E-state index contributed by atoms with van der Waals surface area (Å²) in [5.41, 5.74) is 1.29. The van der Waals surface area contributed by atoms with Gasteiger partial charge in [-0.1, -0.05) is 12.1 Å². The Bertz CT molecular complexity index is 497. The zero-order valence-corrected chi connectivity index (χ0v) is 8.75. The second kappa shape index (κ2) is 4.53. The largest absolute Gasteiger partial charge is 0.465 e. The van der Waals surface area contributed by atoms with Crippen LogP contribution in [0.2, 0.25) is 0 Å². The third kappa shape index (κ3) is 2.06. The highest BCUT2D eigenvalue weighted by Crippen LogP contribution is 2.15. The van der Waals surface area contributed by atoms with Gasteiger partial charge in [-0.2, -0.15) is 0 Å². The van der Waals surface area contributed by atoms with Crippen LogP contribution in [0.4, 0.5) is 0 Å². The van der Waals surface area contributed by atoms with Gasteiger partial charge in [0.1, 0.15) is 0 Å². The Labute approximate surface area is 92.9 Å². The molecule has 0 atom stereocenters. The molecule has 0 unspecified atom stereocenters. The van der Waals surface area contributed by atoms with Crippen molar-refractivity contribution in [2.45, 2.75) is 0 Å². The monoisotopic (exact) mass is 214 g/mol. The van der Waals surface area contributed by atoms with E-state index < -0.39 is 0 Å². The van der Waals surface area contributed by atoms with Crippen LogP contribution in [0.3, 0.4) is 0 Å². The van der Waals surface area contributed by atoms with E-state index in [2.05, 4.69) is 14.7 Å². The minimum absolute atomic E-state index is 0.363. The lowest BCUT2D eigenvalue weighted by atomic mass is 10.1. The molecule has 0 spiro atoms. The molecule has 0 amide bonds. The molecule has 1 aromatic heterocycles. The standard InChI is InChI=1S/C12H10N2O2/c1-16-12(15)10-5-2-4-9(8-10)11-13-6-3-7-14-11/h2-8H,1H3. The minimum atomic E-state index is -0.363. The van der Waals surface area contributed by atoms with Gasteiger partial charge in [-0.25, -0.2) is 14.8 Å². The fourth-order valence-electron chi connectivity index (χ4n) is 1.35. The molecule has 0 aliphatic carbocycles. The molecule has 0 saturated carbocycles. The molecule has 0 aliphatic rings. The van der Waals surface area contributed by atoms with Gasteiger partial charge < -0.3 is 4.74 Å². The van der Waals surface area contributed by atoms with Crippen molar-refractivity contribution in [3.63, 3.8) is 0 Å². The molecule has 0 fully saturated rings. The van der Waals surface area contributed by atoms with Gasteiger partial charge in [0.25, 0.3) is 0 Å². The average Bonchev–Trinajstić information content (AvgIpc) is 2.39. The number of esters is 1. The van der Waals surface area contributed by atoms with E-state index in [1.165, 1.54) is 7.11 Å². The van der Waals surface area contributed by atoms with Crippen molar-refractivity contribution >= 4 is 5.97 Å². The van der Waals surface area contributed by atoms with Crippen LogP contribution in [0.5, 0.6) is 0 Å². The number of ether oxygens (including phenoxy) is 1. The molecule has 0 bridgehead atoms. The van der Waals surface area contributed by atoms with Gasteiger partial charge in [0.05, 0.1) is 12.7 Å². The number of carbonyl (C=O) groups is 1. The van der Waals surface area contributed by atoms with Crippen LogP contribution in [-0.2, 0) is 4.74 Å². The smallest absolute Gasteiger partial charge is 0.337 e. The van der Waals surface area contributed by atoms with Crippen LogP contribution in [0, 0.1) is 0 Å². The van der Waals surface area contributed by atoms with E-state index in [0.717, 1.165) is 5.56 Å². The van der Waals surface area contributed by atoms with Crippen molar-refractivity contribution in [3.05, 3.63) is 48.3 Å². The lowest BCUT2D eigenvalue weighted by Crippen LogP contribution is -2.01. The van der Waals surface area contributed by atoms with Crippen LogP contribution in [0.1, 0.15) is 10.4 Å². The highest BCUT2D eigenvalue weighted by molar-refractivity contribution is 5.90. The van der Waals surface area contributed by atoms with Crippen molar-refractivity contribution in [1.29, 1.82) is 0 Å². The first kappa shape index (κ1) is 10.3. The summed E-state index contributed by atoms with van der Waals surface area (Å²) in [4.78, 5) is 19.6. The van der Waals surface area contributed by atoms with Gasteiger partial charge in [0, 0.05) is 18.0 Å². The summed E-state index contributed by atoms with van der Waals surface area (Å²) in [6.07, 6.45) is 3.32. The molecule has 80 valence electrons. The number of carbonyl (C=O) groups excluding carboxylic acids is 1. The van der Waals surface area contributed by atoms with Crippen LogP contribution in [-0.4, -0.2) is 23.0 Å². The fourth-order valence-corrected chi connectivity index (χ4v) is 1.35. The molecule has 2 rings (SSSR count). The zero-order chi connectivity index (χ0) is 11.4. The topological polar surface area (TPSA) is 52.1 Å². The molecule has 0 aliphatic heterocycles. The van der Waals surface area contributed by atoms with Gasteiger partial charge in [0.2, 0.25) is 0 Å². The molecule has 16 heavy (non-hydrogen) atoms. The van der Waals surface area contributed by atoms with E-state index in [-0.39, 0.29) is 5.97 Å². The maximum absolute atomic E-state index is 11.3. The minimum Gasteiger partial charge on any atom is -0.465 e. The molecule has 1 heterocycles. The molecule has 1 aromatic carbocycles. The quantitative estimate of drug-likeness (QED) is 0.717. The number of aromatic nitrogens is 2. The van der Waals surface area contributed by atoms with E-state index in [1.807, 2.05) is 6.07 Å². The number of benzene rings is 1. The average molecular weight is 214 g/mol. The van der Waals surface area contributed by atoms with Gasteiger partial charge in [-0.3, -0.25) is 0 Å². The highest BCUT2D eigenvalue weighted by Gasteiger charge is 2.07. The molecule has 4 nitrogen and oxygen atoms in total. The number of nitrogens with zero attached hydrogens (tertiary/aromatic N) is 2. The molecule has 0 radical (unpaired) electrons. The molecule has 0 saturated heterocycles. The van der Waals surface area contributed by atoms with E-state index in [0.29, 0.717) is 11.4 Å². The molecular formula is C12H10N2O2. The van der Waals surface area contributed by atoms with Crippen LogP contribution in [0.25, 0.3) is 11.4 Å². The van der Waals surface area contributed by atoms with Crippen LogP contribution >= 0.6 is 0 Å². The Kier molecular flexibility index (Phi) is 2.91. The van der Waals surface area contributed by atoms with Crippen molar-refractivity contribution in [1.82, 2.24) is 9.97 Å². The highest BCUT2D eigenvalue weighted by atomic mass is 16.5. The number of hydrogen-bond acceptors (Lipinski definition) is 4. The normalized spacial score (nSPS) is 9.81. The predicted molar refractivity (Wildman–Crippen MR) is 58.8 cm³/mol. The van der Waals surface area contributed by atoms with Crippen LogP contribution in [0.15, 0.2) is 42.7 Å². The third-order valence-corrected chi connectivity index (χ3v) is 2.11. The lowest BCUT2D eigenvalue weighted by molar-refractivity contribution is 0.0601. The number of methoxy groups -OCH3 is 1. The first-order chi connectivity index (χ1) is 7.81. The summed E-state index contributed by atoms with van der Waals surface area (Å²) >= 11 is 0. The van der Waals surface area contributed by atoms with Gasteiger partial charge in [-0.15, -0.1) is 0 Å². The van der Waals surface area contributed by atoms with E-state index in [4.69, 9.17) is 0 Å². The second-order valence-electron chi connectivity index (χ2n) is 3.14. The Balaban J connectivity index is 2.40. The summed E-state index contributed by atoms with van der Waals surface area (Å²) in [7, 11) is 1.36. The maximum Gasteiger partial charge on any atom is 0.337 e. The van der Waals surface area contributed by atoms with Crippen molar-refractivity contribution in [3.8, 4) is 11.4 Å². The Morgan fingerprint density at radius 1 is 1.19 bits per heavy atom. The van der Waals surface area contributed by atoms with Crippen LogP contribution < -0.4 is 0 Å². The van der Waals surface area contributed by atoms with Crippen molar-refractivity contribution in [2.24, 2.45) is 0 Å². The molecule has 4 heteroatoms. The zero-order valence-electron chi connectivity index (χ0n) is 8.75. The number of rotatable bonds is 2. The van der Waals surface area contributed by atoms with Crippen molar-refractivity contribution < 1.29 is 9.53 Å². The number of hydrogen-bond donors (Lipinski definition) is 0. The predicted octanol–water partition coefficient (Wildman–Crippen LogP) is 1.93. The fraction of sp³-hybridized carbons (Fsp3) is 0.0833. The maximum atomic E-state index is 11.3. The summed E-state index contributed by atoms with van der Waals surface area (Å²) < 4.78 is 4.65. The molecular weight excluding hydrogens is 204 g/mol. The first-order valence-corrected chi connectivity index (χ1v) is 4.77. The Hall–Kier alpha value is -2.23. The first-order valence-electron chi connectivity index (χ1n) is 4.77. The van der Waals surface area contributed by atoms with E-state index in [9.17, 15) is 4.79 Å². The third-order valence-electron chi connectivity index (χ3n) is 2.11. The Morgan fingerprint density at radius 3 is 2.62 bits per heavy atom. The summed E-state index contributed by atoms with van der Waals surface area (Å²) in [6.45, 7) is 0.